The zero-order valence-electron chi connectivity index (χ0n) is 13.4. The highest BCUT2D eigenvalue weighted by molar-refractivity contribution is 5.85. The first-order valence-corrected chi connectivity index (χ1v) is 7.75. The molecule has 1 aliphatic rings. The Hall–Kier alpha value is -0.810. The number of carbonyl (C=O) groups is 2. The predicted octanol–water partition coefficient (Wildman–Crippen LogP) is 1.32. The normalized spacial score (nSPS) is 19.5. The summed E-state index contributed by atoms with van der Waals surface area (Å²) in [6.07, 6.45) is 2.99. The van der Waals surface area contributed by atoms with Gasteiger partial charge < -0.3 is 16.0 Å². The van der Waals surface area contributed by atoms with Crippen LogP contribution in [0.4, 0.5) is 0 Å². The van der Waals surface area contributed by atoms with Gasteiger partial charge in [0.05, 0.1) is 0 Å². The summed E-state index contributed by atoms with van der Waals surface area (Å²) >= 11 is 0. The van der Waals surface area contributed by atoms with Gasteiger partial charge in [-0.3, -0.25) is 9.59 Å². The highest BCUT2D eigenvalue weighted by atomic mass is 35.5. The number of nitrogens with one attached hydrogen (secondary N) is 3. The van der Waals surface area contributed by atoms with Crippen molar-refractivity contribution in [3.05, 3.63) is 0 Å². The van der Waals surface area contributed by atoms with Crippen molar-refractivity contribution in [2.24, 2.45) is 17.8 Å². The molecule has 0 aromatic rings. The summed E-state index contributed by atoms with van der Waals surface area (Å²) in [4.78, 5) is 23.2. The van der Waals surface area contributed by atoms with Crippen LogP contribution in [0.15, 0.2) is 0 Å². The van der Waals surface area contributed by atoms with E-state index in [1.54, 1.807) is 0 Å². The fraction of sp³-hybridized carbons (Fsp3) is 0.867. The zero-order chi connectivity index (χ0) is 15.0. The molecule has 2 atom stereocenters. The van der Waals surface area contributed by atoms with Crippen LogP contribution in [0.2, 0.25) is 0 Å². The summed E-state index contributed by atoms with van der Waals surface area (Å²) < 4.78 is 0. The van der Waals surface area contributed by atoms with Gasteiger partial charge in [0.25, 0.3) is 0 Å². The van der Waals surface area contributed by atoms with Crippen molar-refractivity contribution in [3.63, 3.8) is 0 Å². The van der Waals surface area contributed by atoms with Crippen LogP contribution < -0.4 is 16.0 Å². The zero-order valence-corrected chi connectivity index (χ0v) is 14.2. The lowest BCUT2D eigenvalue weighted by Crippen LogP contribution is -2.38. The van der Waals surface area contributed by atoms with E-state index in [1.165, 1.54) is 12.8 Å². The van der Waals surface area contributed by atoms with Crippen LogP contribution in [0.5, 0.6) is 0 Å². The van der Waals surface area contributed by atoms with Gasteiger partial charge in [0.2, 0.25) is 11.8 Å². The quantitative estimate of drug-likeness (QED) is 0.620. The number of rotatable bonds is 7. The third-order valence-electron chi connectivity index (χ3n) is 3.92. The van der Waals surface area contributed by atoms with Gasteiger partial charge in [-0.15, -0.1) is 12.4 Å². The molecule has 21 heavy (non-hydrogen) atoms. The van der Waals surface area contributed by atoms with Gasteiger partial charge in [-0.05, 0) is 37.8 Å². The topological polar surface area (TPSA) is 70.2 Å². The third kappa shape index (κ3) is 8.27. The molecule has 1 heterocycles. The van der Waals surface area contributed by atoms with Crippen LogP contribution in [-0.2, 0) is 9.59 Å². The van der Waals surface area contributed by atoms with Crippen molar-refractivity contribution in [2.45, 2.75) is 40.0 Å². The van der Waals surface area contributed by atoms with Gasteiger partial charge in [-0.25, -0.2) is 0 Å². The number of amides is 2. The van der Waals surface area contributed by atoms with Crippen molar-refractivity contribution in [2.75, 3.05) is 26.2 Å². The molecule has 124 valence electrons. The van der Waals surface area contributed by atoms with Gasteiger partial charge in [0.1, 0.15) is 0 Å². The van der Waals surface area contributed by atoms with E-state index in [2.05, 4.69) is 22.9 Å². The Morgan fingerprint density at radius 2 is 1.86 bits per heavy atom. The second-order valence-electron chi connectivity index (χ2n) is 6.08. The summed E-state index contributed by atoms with van der Waals surface area (Å²) in [7, 11) is 0. The molecule has 1 saturated heterocycles. The summed E-state index contributed by atoms with van der Waals surface area (Å²) in [6.45, 7) is 9.00. The van der Waals surface area contributed by atoms with Crippen LogP contribution >= 0.6 is 12.4 Å². The summed E-state index contributed by atoms with van der Waals surface area (Å²) in [6, 6.07) is 0. The Morgan fingerprint density at radius 3 is 2.43 bits per heavy atom. The van der Waals surface area contributed by atoms with Crippen molar-refractivity contribution in [3.8, 4) is 0 Å². The molecule has 0 spiro atoms. The molecule has 1 aliphatic heterocycles. The number of halogens is 1. The minimum atomic E-state index is -0.00970. The Bertz CT molecular complexity index is 318. The van der Waals surface area contributed by atoms with E-state index < -0.39 is 0 Å². The van der Waals surface area contributed by atoms with E-state index in [-0.39, 0.29) is 30.1 Å². The Labute approximate surface area is 134 Å². The van der Waals surface area contributed by atoms with Gasteiger partial charge >= 0.3 is 0 Å². The molecule has 6 heteroatoms. The second-order valence-corrected chi connectivity index (χ2v) is 6.08. The first kappa shape index (κ1) is 20.2. The molecule has 3 N–H and O–H groups in total. The van der Waals surface area contributed by atoms with Gasteiger partial charge in [-0.2, -0.15) is 0 Å². The average Bonchev–Trinajstić information content (AvgIpc) is 2.44. The molecule has 1 rings (SSSR count). The maximum atomic E-state index is 11.8. The highest BCUT2D eigenvalue weighted by Gasteiger charge is 2.21. The van der Waals surface area contributed by atoms with Crippen LogP contribution in [0.3, 0.4) is 0 Å². The molecule has 2 unspecified atom stereocenters. The van der Waals surface area contributed by atoms with Crippen LogP contribution in [0, 0.1) is 17.8 Å². The molecule has 5 nitrogen and oxygen atoms in total. The second kappa shape index (κ2) is 10.9. The van der Waals surface area contributed by atoms with Gasteiger partial charge in [0.15, 0.2) is 0 Å². The lowest BCUT2D eigenvalue weighted by atomic mass is 9.85. The monoisotopic (exact) mass is 319 g/mol. The predicted molar refractivity (Wildman–Crippen MR) is 87.5 cm³/mol. The lowest BCUT2D eigenvalue weighted by molar-refractivity contribution is -0.125. The van der Waals surface area contributed by atoms with E-state index in [0.717, 1.165) is 13.1 Å². The number of hydrogen-bond acceptors (Lipinski definition) is 3. The van der Waals surface area contributed by atoms with Crippen LogP contribution in [-0.4, -0.2) is 38.0 Å². The Morgan fingerprint density at radius 1 is 1.19 bits per heavy atom. The Balaban J connectivity index is 0.00000400. The molecule has 0 aromatic carbocycles. The molecular formula is C15H30ClN3O2. The van der Waals surface area contributed by atoms with Crippen molar-refractivity contribution >= 4 is 24.2 Å². The highest BCUT2D eigenvalue weighted by Crippen LogP contribution is 2.22. The maximum Gasteiger partial charge on any atom is 0.222 e. The molecular weight excluding hydrogens is 290 g/mol. The molecule has 0 aromatic heterocycles. The fourth-order valence-electron chi connectivity index (χ4n) is 2.49. The molecule has 0 bridgehead atoms. The fourth-order valence-corrected chi connectivity index (χ4v) is 2.49. The first-order chi connectivity index (χ1) is 9.50. The lowest BCUT2D eigenvalue weighted by Gasteiger charge is -2.28. The van der Waals surface area contributed by atoms with Crippen molar-refractivity contribution in [1.82, 2.24) is 16.0 Å². The molecule has 0 radical (unpaired) electrons. The van der Waals surface area contributed by atoms with Crippen molar-refractivity contribution < 1.29 is 9.59 Å². The van der Waals surface area contributed by atoms with E-state index in [1.807, 2.05) is 13.8 Å². The summed E-state index contributed by atoms with van der Waals surface area (Å²) in [5.41, 5.74) is 0. The maximum absolute atomic E-state index is 11.8. The Kier molecular flexibility index (Phi) is 10.4. The van der Waals surface area contributed by atoms with Crippen LogP contribution in [0.1, 0.15) is 40.0 Å². The molecule has 0 aliphatic carbocycles. The van der Waals surface area contributed by atoms with E-state index in [9.17, 15) is 9.59 Å². The van der Waals surface area contributed by atoms with Crippen LogP contribution in [0.25, 0.3) is 0 Å². The van der Waals surface area contributed by atoms with Crippen molar-refractivity contribution in [1.29, 1.82) is 0 Å². The standard InChI is InChI=1S/C15H29N3O2.ClH/c1-11(2)15(20)18-8-7-17-14(19)9-12(3)13-5-4-6-16-10-13;/h11-13,16H,4-10H2,1-3H3,(H,17,19)(H,18,20);1H. The SMILES string of the molecule is CC(C)C(=O)NCCNC(=O)CC(C)C1CCCNC1.Cl. The first-order valence-electron chi connectivity index (χ1n) is 7.75. The third-order valence-corrected chi connectivity index (χ3v) is 3.92. The minimum absolute atomic E-state index is 0. The smallest absolute Gasteiger partial charge is 0.222 e. The largest absolute Gasteiger partial charge is 0.354 e. The van der Waals surface area contributed by atoms with E-state index >= 15 is 0 Å². The van der Waals surface area contributed by atoms with Gasteiger partial charge in [-0.1, -0.05) is 20.8 Å². The molecule has 1 fully saturated rings. The average molecular weight is 320 g/mol. The minimum Gasteiger partial charge on any atom is -0.354 e. The summed E-state index contributed by atoms with van der Waals surface area (Å²) in [5.74, 6) is 1.12. The van der Waals surface area contributed by atoms with E-state index in [0.29, 0.717) is 31.3 Å². The van der Waals surface area contributed by atoms with Gasteiger partial charge in [0, 0.05) is 25.4 Å². The van der Waals surface area contributed by atoms with E-state index in [4.69, 9.17) is 0 Å². The molecule has 0 saturated carbocycles. The number of piperidine rings is 1. The summed E-state index contributed by atoms with van der Waals surface area (Å²) in [5, 5.41) is 9.05. The number of carbonyl (C=O) groups excluding carboxylic acids is 2. The number of hydrogen-bond donors (Lipinski definition) is 3. The molecule has 2 amide bonds.